The standard InChI is InChI=1S/C6H9N2/c1-8-4-2-6(7)3-5-8/h2-4H,1,5,7H2/q+1. The third-order valence-corrected chi connectivity index (χ3v) is 1.04. The molecule has 2 heteroatoms. The quantitative estimate of drug-likeness (QED) is 0.438. The lowest BCUT2D eigenvalue weighted by Gasteiger charge is -1.96. The minimum absolute atomic E-state index is 0.822. The van der Waals surface area contributed by atoms with E-state index < -0.39 is 0 Å². The Morgan fingerprint density at radius 2 is 2.50 bits per heavy atom. The molecule has 2 N–H and O–H groups in total. The highest BCUT2D eigenvalue weighted by Crippen LogP contribution is 1.93. The summed E-state index contributed by atoms with van der Waals surface area (Å²) in [6.45, 7) is 4.50. The van der Waals surface area contributed by atoms with Crippen molar-refractivity contribution in [3.63, 3.8) is 0 Å². The summed E-state index contributed by atoms with van der Waals surface area (Å²) >= 11 is 0. The number of rotatable bonds is 0. The number of allylic oxidation sites excluding steroid dienone is 1. The molecule has 0 radical (unpaired) electrons. The summed E-state index contributed by atoms with van der Waals surface area (Å²) < 4.78 is 1.82. The van der Waals surface area contributed by atoms with E-state index in [4.69, 9.17) is 5.73 Å². The van der Waals surface area contributed by atoms with Gasteiger partial charge in [-0.25, -0.2) is 4.58 Å². The molecule has 0 saturated carbocycles. The van der Waals surface area contributed by atoms with Crippen LogP contribution < -0.4 is 5.73 Å². The van der Waals surface area contributed by atoms with Crippen LogP contribution in [0, 0.1) is 0 Å². The first-order valence-electron chi connectivity index (χ1n) is 2.50. The molecule has 0 aromatic rings. The summed E-state index contributed by atoms with van der Waals surface area (Å²) in [7, 11) is 0. The van der Waals surface area contributed by atoms with Crippen molar-refractivity contribution in [3.8, 4) is 0 Å². The molecule has 0 aromatic heterocycles. The molecule has 2 nitrogen and oxygen atoms in total. The normalized spacial score (nSPS) is 18.5. The van der Waals surface area contributed by atoms with Crippen molar-refractivity contribution in [2.75, 3.05) is 6.54 Å². The predicted octanol–water partition coefficient (Wildman–Crippen LogP) is 0.0694. The van der Waals surface area contributed by atoms with Crippen LogP contribution >= 0.6 is 0 Å². The average molecular weight is 109 g/mol. The number of nitrogens with two attached hydrogens (primary N) is 1. The van der Waals surface area contributed by atoms with Gasteiger partial charge in [0, 0.05) is 17.8 Å². The lowest BCUT2D eigenvalue weighted by atomic mass is 10.3. The number of nitrogens with zero attached hydrogens (tertiary/aromatic N) is 1. The van der Waals surface area contributed by atoms with Crippen molar-refractivity contribution in [1.29, 1.82) is 0 Å². The monoisotopic (exact) mass is 109 g/mol. The fourth-order valence-corrected chi connectivity index (χ4v) is 0.543. The SMILES string of the molecule is C=[N+]1C=CC(N)=CC1. The highest BCUT2D eigenvalue weighted by molar-refractivity contribution is 5.21. The molecule has 0 aromatic carbocycles. The third-order valence-electron chi connectivity index (χ3n) is 1.04. The minimum atomic E-state index is 0.822. The summed E-state index contributed by atoms with van der Waals surface area (Å²) in [4.78, 5) is 0. The van der Waals surface area contributed by atoms with Crippen LogP contribution in [0.5, 0.6) is 0 Å². The summed E-state index contributed by atoms with van der Waals surface area (Å²) in [6.07, 6.45) is 5.61. The van der Waals surface area contributed by atoms with Gasteiger partial charge in [0.2, 0.25) is 0 Å². The van der Waals surface area contributed by atoms with Crippen LogP contribution in [0.3, 0.4) is 0 Å². The largest absolute Gasteiger partial charge is 0.399 e. The Labute approximate surface area is 48.6 Å². The molecule has 1 aliphatic heterocycles. The summed E-state index contributed by atoms with van der Waals surface area (Å²) in [5.74, 6) is 0. The maximum atomic E-state index is 5.42. The van der Waals surface area contributed by atoms with Gasteiger partial charge in [0.15, 0.2) is 12.7 Å². The Bertz CT molecular complexity index is 163. The van der Waals surface area contributed by atoms with E-state index in [9.17, 15) is 0 Å². The van der Waals surface area contributed by atoms with Crippen LogP contribution in [0.25, 0.3) is 0 Å². The zero-order valence-corrected chi connectivity index (χ0v) is 4.67. The zero-order chi connectivity index (χ0) is 5.98. The van der Waals surface area contributed by atoms with E-state index in [0.29, 0.717) is 0 Å². The molecule has 1 heterocycles. The zero-order valence-electron chi connectivity index (χ0n) is 4.67. The van der Waals surface area contributed by atoms with E-state index in [0.717, 1.165) is 12.2 Å². The van der Waals surface area contributed by atoms with Gasteiger partial charge >= 0.3 is 0 Å². The molecule has 0 spiro atoms. The first kappa shape index (κ1) is 5.09. The van der Waals surface area contributed by atoms with Gasteiger partial charge in [-0.3, -0.25) is 0 Å². The molecule has 8 heavy (non-hydrogen) atoms. The second-order valence-corrected chi connectivity index (χ2v) is 1.79. The first-order valence-corrected chi connectivity index (χ1v) is 2.50. The van der Waals surface area contributed by atoms with Gasteiger partial charge in [0.05, 0.1) is 0 Å². The molecule has 0 fully saturated rings. The third kappa shape index (κ3) is 0.964. The van der Waals surface area contributed by atoms with E-state index in [1.165, 1.54) is 0 Å². The van der Waals surface area contributed by atoms with Crippen molar-refractivity contribution >= 4 is 6.72 Å². The first-order chi connectivity index (χ1) is 3.79. The maximum absolute atomic E-state index is 5.42. The summed E-state index contributed by atoms with van der Waals surface area (Å²) in [5, 5.41) is 0. The Morgan fingerprint density at radius 1 is 1.75 bits per heavy atom. The van der Waals surface area contributed by atoms with Gasteiger partial charge in [-0.2, -0.15) is 0 Å². The molecule has 0 aliphatic carbocycles. The molecule has 42 valence electrons. The van der Waals surface area contributed by atoms with E-state index in [-0.39, 0.29) is 0 Å². The number of hydrogen-bond donors (Lipinski definition) is 1. The van der Waals surface area contributed by atoms with Crippen molar-refractivity contribution < 1.29 is 4.58 Å². The Hall–Kier alpha value is -1.05. The Kier molecular flexibility index (Phi) is 1.16. The van der Waals surface area contributed by atoms with Crippen molar-refractivity contribution in [2.45, 2.75) is 0 Å². The van der Waals surface area contributed by atoms with Gasteiger partial charge < -0.3 is 5.73 Å². The van der Waals surface area contributed by atoms with Crippen LogP contribution in [-0.4, -0.2) is 17.8 Å². The smallest absolute Gasteiger partial charge is 0.170 e. The van der Waals surface area contributed by atoms with Gasteiger partial charge in [-0.05, 0) is 0 Å². The van der Waals surface area contributed by atoms with Gasteiger partial charge in [-0.1, -0.05) is 0 Å². The molecular weight excluding hydrogens is 100 g/mol. The van der Waals surface area contributed by atoms with Crippen LogP contribution in [0.15, 0.2) is 24.0 Å². The molecule has 0 atom stereocenters. The molecule has 0 bridgehead atoms. The Balaban J connectivity index is 2.71. The summed E-state index contributed by atoms with van der Waals surface area (Å²) in [5.41, 5.74) is 6.24. The minimum Gasteiger partial charge on any atom is -0.399 e. The van der Waals surface area contributed by atoms with E-state index in [1.54, 1.807) is 0 Å². The van der Waals surface area contributed by atoms with Crippen LogP contribution in [0.4, 0.5) is 0 Å². The fraction of sp³-hybridized carbons (Fsp3) is 0.167. The van der Waals surface area contributed by atoms with Crippen molar-refractivity contribution in [2.24, 2.45) is 5.73 Å². The lowest BCUT2D eigenvalue weighted by Crippen LogP contribution is -2.08. The molecule has 1 rings (SSSR count). The molecule has 0 amide bonds. The van der Waals surface area contributed by atoms with Gasteiger partial charge in [0.1, 0.15) is 6.72 Å². The van der Waals surface area contributed by atoms with Gasteiger partial charge in [0.25, 0.3) is 0 Å². The fourth-order valence-electron chi connectivity index (χ4n) is 0.543. The van der Waals surface area contributed by atoms with E-state index in [2.05, 4.69) is 6.72 Å². The molecule has 0 saturated heterocycles. The van der Waals surface area contributed by atoms with Crippen molar-refractivity contribution in [1.82, 2.24) is 0 Å². The van der Waals surface area contributed by atoms with Gasteiger partial charge in [-0.15, -0.1) is 0 Å². The highest BCUT2D eigenvalue weighted by atomic mass is 15.0. The molecule has 1 aliphatic rings. The second kappa shape index (κ2) is 1.82. The molecular formula is C6H9N2+. The summed E-state index contributed by atoms with van der Waals surface area (Å²) in [6, 6.07) is 0. The average Bonchev–Trinajstić information content (AvgIpc) is 1.77. The van der Waals surface area contributed by atoms with E-state index in [1.807, 2.05) is 22.9 Å². The predicted molar refractivity (Wildman–Crippen MR) is 33.7 cm³/mol. The van der Waals surface area contributed by atoms with Crippen LogP contribution in [0.2, 0.25) is 0 Å². The highest BCUT2D eigenvalue weighted by Gasteiger charge is 1.97. The molecule has 0 unspecified atom stereocenters. The van der Waals surface area contributed by atoms with Crippen molar-refractivity contribution in [3.05, 3.63) is 24.0 Å². The Morgan fingerprint density at radius 3 is 2.88 bits per heavy atom. The topological polar surface area (TPSA) is 29.0 Å². The van der Waals surface area contributed by atoms with Crippen LogP contribution in [-0.2, 0) is 0 Å². The van der Waals surface area contributed by atoms with E-state index >= 15 is 0 Å². The van der Waals surface area contributed by atoms with Crippen LogP contribution in [0.1, 0.15) is 0 Å². The lowest BCUT2D eigenvalue weighted by molar-refractivity contribution is -0.437. The number of hydrogen-bond acceptors (Lipinski definition) is 1. The maximum Gasteiger partial charge on any atom is 0.170 e. The second-order valence-electron chi connectivity index (χ2n) is 1.79.